The van der Waals surface area contributed by atoms with Crippen LogP contribution in [0, 0.1) is 35.0 Å². The highest BCUT2D eigenvalue weighted by molar-refractivity contribution is 5.05. The fraction of sp³-hybridized carbons (Fsp3) is 1.00. The van der Waals surface area contributed by atoms with Gasteiger partial charge in [0, 0.05) is 0 Å². The van der Waals surface area contributed by atoms with Gasteiger partial charge in [-0.05, 0) is 67.1 Å². The van der Waals surface area contributed by atoms with Gasteiger partial charge in [0.1, 0.15) is 0 Å². The maximum Gasteiger partial charge on any atom is -0.0266 e. The van der Waals surface area contributed by atoms with Crippen LogP contribution < -0.4 is 0 Å². The van der Waals surface area contributed by atoms with E-state index in [1.54, 1.807) is 25.7 Å². The molecule has 14 heavy (non-hydrogen) atoms. The Labute approximate surface area is 88.5 Å². The van der Waals surface area contributed by atoms with Gasteiger partial charge >= 0.3 is 0 Å². The summed E-state index contributed by atoms with van der Waals surface area (Å²) >= 11 is 0. The van der Waals surface area contributed by atoms with Gasteiger partial charge < -0.3 is 0 Å². The fourth-order valence-corrected chi connectivity index (χ4v) is 4.40. The van der Waals surface area contributed by atoms with Crippen molar-refractivity contribution in [2.45, 2.75) is 52.9 Å². The molecule has 0 aromatic rings. The van der Waals surface area contributed by atoms with Gasteiger partial charge in [-0.1, -0.05) is 20.8 Å². The van der Waals surface area contributed by atoms with E-state index in [1.807, 2.05) is 0 Å². The lowest BCUT2D eigenvalue weighted by molar-refractivity contribution is 0.146. The maximum atomic E-state index is 2.53. The summed E-state index contributed by atoms with van der Waals surface area (Å²) in [4.78, 5) is 0. The third kappa shape index (κ3) is 1.26. The van der Waals surface area contributed by atoms with E-state index in [1.165, 1.54) is 6.42 Å². The molecule has 80 valence electrons. The van der Waals surface area contributed by atoms with Crippen LogP contribution in [0.2, 0.25) is 0 Å². The van der Waals surface area contributed by atoms with E-state index in [-0.39, 0.29) is 0 Å². The Morgan fingerprint density at radius 2 is 1.57 bits per heavy atom. The van der Waals surface area contributed by atoms with Crippen LogP contribution in [0.4, 0.5) is 0 Å². The molecule has 3 rings (SSSR count). The molecule has 0 heteroatoms. The quantitative estimate of drug-likeness (QED) is 0.586. The molecule has 3 saturated carbocycles. The second kappa shape index (κ2) is 2.77. The monoisotopic (exact) mass is 192 g/mol. The van der Waals surface area contributed by atoms with Crippen LogP contribution >= 0.6 is 0 Å². The summed E-state index contributed by atoms with van der Waals surface area (Å²) in [6.45, 7) is 7.44. The molecule has 0 aromatic heterocycles. The molecule has 3 aliphatic carbocycles. The van der Waals surface area contributed by atoms with E-state index in [0.717, 1.165) is 35.0 Å². The van der Waals surface area contributed by atoms with Crippen molar-refractivity contribution in [3.63, 3.8) is 0 Å². The zero-order valence-corrected chi connectivity index (χ0v) is 9.92. The SMILES string of the molecule is CC1CC2(CCC1C1CC1C)CC2C. The first-order valence-corrected chi connectivity index (χ1v) is 6.62. The van der Waals surface area contributed by atoms with E-state index in [2.05, 4.69) is 20.8 Å². The van der Waals surface area contributed by atoms with E-state index >= 15 is 0 Å². The second-order valence-electron chi connectivity index (χ2n) is 6.73. The Kier molecular flexibility index (Phi) is 1.83. The average molecular weight is 192 g/mol. The van der Waals surface area contributed by atoms with E-state index < -0.39 is 0 Å². The maximum absolute atomic E-state index is 2.53. The van der Waals surface area contributed by atoms with Gasteiger partial charge in [0.2, 0.25) is 0 Å². The summed E-state index contributed by atoms with van der Waals surface area (Å²) in [6.07, 6.45) is 7.76. The van der Waals surface area contributed by atoms with Crippen molar-refractivity contribution < 1.29 is 0 Å². The average Bonchev–Trinajstić information content (AvgIpc) is 2.96. The summed E-state index contributed by atoms with van der Waals surface area (Å²) < 4.78 is 0. The molecular formula is C14H24. The predicted octanol–water partition coefficient (Wildman–Crippen LogP) is 4.10. The van der Waals surface area contributed by atoms with Gasteiger partial charge in [-0.2, -0.15) is 0 Å². The molecule has 6 unspecified atom stereocenters. The lowest BCUT2D eigenvalue weighted by Crippen LogP contribution is -2.26. The standard InChI is InChI=1S/C14H24/c1-9-6-13(9)12-4-5-14(7-10(12)2)8-11(14)3/h9-13H,4-8H2,1-3H3. The molecule has 0 heterocycles. The summed E-state index contributed by atoms with van der Waals surface area (Å²) in [5.74, 6) is 5.37. The molecule has 3 fully saturated rings. The molecule has 0 nitrogen and oxygen atoms in total. The summed E-state index contributed by atoms with van der Waals surface area (Å²) in [5, 5.41) is 0. The molecule has 0 radical (unpaired) electrons. The Morgan fingerprint density at radius 1 is 0.929 bits per heavy atom. The summed E-state index contributed by atoms with van der Waals surface area (Å²) in [6, 6.07) is 0. The first kappa shape index (κ1) is 9.24. The van der Waals surface area contributed by atoms with Crippen molar-refractivity contribution in [3.8, 4) is 0 Å². The number of rotatable bonds is 1. The smallest absolute Gasteiger partial charge is 0.0266 e. The van der Waals surface area contributed by atoms with E-state index in [0.29, 0.717) is 0 Å². The van der Waals surface area contributed by atoms with Gasteiger partial charge in [0.25, 0.3) is 0 Å². The summed E-state index contributed by atoms with van der Waals surface area (Å²) in [5.41, 5.74) is 0.841. The Bertz CT molecular complexity index is 244. The molecule has 0 bridgehead atoms. The van der Waals surface area contributed by atoms with Crippen molar-refractivity contribution in [1.29, 1.82) is 0 Å². The van der Waals surface area contributed by atoms with Crippen molar-refractivity contribution in [2.75, 3.05) is 0 Å². The van der Waals surface area contributed by atoms with Crippen molar-refractivity contribution in [1.82, 2.24) is 0 Å². The normalized spacial score (nSPS) is 61.5. The van der Waals surface area contributed by atoms with Crippen molar-refractivity contribution >= 4 is 0 Å². The van der Waals surface area contributed by atoms with Gasteiger partial charge in [0.15, 0.2) is 0 Å². The first-order valence-electron chi connectivity index (χ1n) is 6.62. The topological polar surface area (TPSA) is 0 Å². The first-order chi connectivity index (χ1) is 6.62. The third-order valence-corrected chi connectivity index (χ3v) is 5.75. The van der Waals surface area contributed by atoms with Crippen molar-refractivity contribution in [3.05, 3.63) is 0 Å². The van der Waals surface area contributed by atoms with Crippen LogP contribution in [-0.4, -0.2) is 0 Å². The molecule has 0 aliphatic heterocycles. The number of hydrogen-bond donors (Lipinski definition) is 0. The highest BCUT2D eigenvalue weighted by Crippen LogP contribution is 2.65. The van der Waals surface area contributed by atoms with Crippen LogP contribution in [0.25, 0.3) is 0 Å². The minimum atomic E-state index is 0.841. The van der Waals surface area contributed by atoms with Crippen LogP contribution in [0.1, 0.15) is 52.9 Å². The molecule has 0 N–H and O–H groups in total. The minimum Gasteiger partial charge on any atom is -0.0622 e. The van der Waals surface area contributed by atoms with Gasteiger partial charge in [-0.25, -0.2) is 0 Å². The minimum absolute atomic E-state index is 0.841. The van der Waals surface area contributed by atoms with Gasteiger partial charge in [-0.3, -0.25) is 0 Å². The Balaban J connectivity index is 1.64. The van der Waals surface area contributed by atoms with Crippen LogP contribution in [0.3, 0.4) is 0 Å². The second-order valence-corrected chi connectivity index (χ2v) is 6.73. The largest absolute Gasteiger partial charge is 0.0622 e. The molecule has 0 saturated heterocycles. The zero-order chi connectivity index (χ0) is 9.92. The van der Waals surface area contributed by atoms with Crippen molar-refractivity contribution in [2.24, 2.45) is 35.0 Å². The highest BCUT2D eigenvalue weighted by atomic mass is 14.6. The molecule has 1 spiro atoms. The lowest BCUT2D eigenvalue weighted by atomic mass is 9.70. The van der Waals surface area contributed by atoms with E-state index in [4.69, 9.17) is 0 Å². The third-order valence-electron chi connectivity index (χ3n) is 5.75. The molecule has 6 atom stereocenters. The Morgan fingerprint density at radius 3 is 2.00 bits per heavy atom. The number of hydrogen-bond acceptors (Lipinski definition) is 0. The van der Waals surface area contributed by atoms with E-state index in [9.17, 15) is 0 Å². The van der Waals surface area contributed by atoms with Crippen LogP contribution in [0.15, 0.2) is 0 Å². The lowest BCUT2D eigenvalue weighted by Gasteiger charge is -2.35. The van der Waals surface area contributed by atoms with Crippen LogP contribution in [-0.2, 0) is 0 Å². The highest BCUT2D eigenvalue weighted by Gasteiger charge is 2.56. The molecule has 3 aliphatic rings. The molecular weight excluding hydrogens is 168 g/mol. The predicted molar refractivity (Wildman–Crippen MR) is 60.0 cm³/mol. The van der Waals surface area contributed by atoms with Gasteiger partial charge in [0.05, 0.1) is 0 Å². The molecule has 0 amide bonds. The Hall–Kier alpha value is 0. The zero-order valence-electron chi connectivity index (χ0n) is 9.92. The van der Waals surface area contributed by atoms with Crippen LogP contribution in [0.5, 0.6) is 0 Å². The fourth-order valence-electron chi connectivity index (χ4n) is 4.40. The van der Waals surface area contributed by atoms with Gasteiger partial charge in [-0.15, -0.1) is 0 Å². The summed E-state index contributed by atoms with van der Waals surface area (Å²) in [7, 11) is 0. The molecule has 0 aromatic carbocycles.